The maximum Gasteiger partial charge on any atom is 0.264 e. The van der Waals surface area contributed by atoms with Gasteiger partial charge >= 0.3 is 0 Å². The van der Waals surface area contributed by atoms with Crippen molar-refractivity contribution in [1.82, 2.24) is 10.2 Å². The summed E-state index contributed by atoms with van der Waals surface area (Å²) in [6.45, 7) is 9.68. The van der Waals surface area contributed by atoms with Crippen molar-refractivity contribution >= 4 is 39.1 Å². The van der Waals surface area contributed by atoms with E-state index in [2.05, 4.69) is 5.32 Å². The average Bonchev–Trinajstić information content (AvgIpc) is 2.91. The van der Waals surface area contributed by atoms with Gasteiger partial charge in [-0.2, -0.15) is 0 Å². The van der Waals surface area contributed by atoms with E-state index < -0.39 is 28.5 Å². The van der Waals surface area contributed by atoms with Crippen molar-refractivity contribution in [2.24, 2.45) is 5.92 Å². The maximum atomic E-state index is 14.1. The Labute approximate surface area is 243 Å². The van der Waals surface area contributed by atoms with Crippen LogP contribution in [0.2, 0.25) is 5.02 Å². The average molecular weight is 584 g/mol. The fraction of sp³-hybridized carbons (Fsp3) is 0.355. The quantitative estimate of drug-likeness (QED) is 0.295. The maximum absolute atomic E-state index is 14.1. The van der Waals surface area contributed by atoms with Gasteiger partial charge in [-0.1, -0.05) is 74.3 Å². The minimum atomic E-state index is -4.10. The number of aryl methyl sites for hydroxylation is 2. The summed E-state index contributed by atoms with van der Waals surface area (Å²) in [7, 11) is -4.10. The molecule has 3 aromatic rings. The molecule has 0 aliphatic rings. The van der Waals surface area contributed by atoms with Gasteiger partial charge in [-0.3, -0.25) is 13.9 Å². The molecule has 0 aliphatic carbocycles. The first-order valence-electron chi connectivity index (χ1n) is 13.4. The highest BCUT2D eigenvalue weighted by molar-refractivity contribution is 7.92. The number of benzene rings is 3. The number of anilines is 1. The van der Waals surface area contributed by atoms with Crippen LogP contribution in [0.25, 0.3) is 0 Å². The number of halogens is 1. The monoisotopic (exact) mass is 583 g/mol. The van der Waals surface area contributed by atoms with Crippen molar-refractivity contribution in [3.8, 4) is 0 Å². The van der Waals surface area contributed by atoms with Gasteiger partial charge in [0, 0.05) is 18.1 Å². The van der Waals surface area contributed by atoms with Crippen LogP contribution < -0.4 is 9.62 Å². The summed E-state index contributed by atoms with van der Waals surface area (Å²) in [6.07, 6.45) is 0.360. The van der Waals surface area contributed by atoms with Gasteiger partial charge in [0.15, 0.2) is 0 Å². The van der Waals surface area contributed by atoms with Gasteiger partial charge in [0.05, 0.1) is 10.6 Å². The minimum absolute atomic E-state index is 0.0818. The van der Waals surface area contributed by atoms with E-state index in [1.165, 1.54) is 17.0 Å². The smallest absolute Gasteiger partial charge is 0.264 e. The lowest BCUT2D eigenvalue weighted by Gasteiger charge is -2.33. The molecule has 0 radical (unpaired) electrons. The molecule has 1 N–H and O–H groups in total. The van der Waals surface area contributed by atoms with Crippen LogP contribution in [-0.4, -0.2) is 44.3 Å². The summed E-state index contributed by atoms with van der Waals surface area (Å²) < 4.78 is 29.0. The van der Waals surface area contributed by atoms with Gasteiger partial charge in [-0.15, -0.1) is 0 Å². The highest BCUT2D eigenvalue weighted by Gasteiger charge is 2.33. The molecular weight excluding hydrogens is 546 g/mol. The minimum Gasteiger partial charge on any atom is -0.354 e. The standard InChI is InChI=1S/C31H38ClN3O4S/c1-6-29(31(37)33-19-22(2)3)34(20-25-12-14-26(32)15-13-25)30(36)21-35(27-9-7-8-24(5)18-27)40(38,39)28-16-10-23(4)11-17-28/h7-18,22,29H,6,19-21H2,1-5H3,(H,33,37)/t29-/m1/s1. The summed E-state index contributed by atoms with van der Waals surface area (Å²) in [4.78, 5) is 28.9. The molecule has 0 aliphatic heterocycles. The highest BCUT2D eigenvalue weighted by Crippen LogP contribution is 2.26. The summed E-state index contributed by atoms with van der Waals surface area (Å²) in [6, 6.07) is 19.8. The lowest BCUT2D eigenvalue weighted by molar-refractivity contribution is -0.140. The second kappa shape index (κ2) is 13.8. The van der Waals surface area contributed by atoms with Crippen molar-refractivity contribution in [2.75, 3.05) is 17.4 Å². The molecule has 0 bridgehead atoms. The largest absolute Gasteiger partial charge is 0.354 e. The van der Waals surface area contributed by atoms with E-state index in [9.17, 15) is 18.0 Å². The Hall–Kier alpha value is -3.36. The van der Waals surface area contributed by atoms with Gasteiger partial charge in [0.2, 0.25) is 11.8 Å². The highest BCUT2D eigenvalue weighted by atomic mass is 35.5. The number of nitrogens with zero attached hydrogens (tertiary/aromatic N) is 2. The van der Waals surface area contributed by atoms with Crippen molar-refractivity contribution < 1.29 is 18.0 Å². The van der Waals surface area contributed by atoms with E-state index >= 15 is 0 Å². The van der Waals surface area contributed by atoms with Crippen LogP contribution in [0.5, 0.6) is 0 Å². The third-order valence-electron chi connectivity index (χ3n) is 6.51. The molecule has 1 atom stereocenters. The summed E-state index contributed by atoms with van der Waals surface area (Å²) in [5.74, 6) is -0.529. The Morgan fingerprint density at radius 2 is 1.57 bits per heavy atom. The molecule has 2 amide bonds. The number of hydrogen-bond acceptors (Lipinski definition) is 4. The first kappa shape index (κ1) is 31.2. The van der Waals surface area contributed by atoms with Crippen LogP contribution in [0.3, 0.4) is 0 Å². The first-order valence-corrected chi connectivity index (χ1v) is 15.2. The number of nitrogens with one attached hydrogen (secondary N) is 1. The molecule has 40 heavy (non-hydrogen) atoms. The van der Waals surface area contributed by atoms with Crippen LogP contribution in [0.4, 0.5) is 5.69 Å². The third-order valence-corrected chi connectivity index (χ3v) is 8.55. The molecule has 0 unspecified atom stereocenters. The number of sulfonamides is 1. The number of rotatable bonds is 12. The molecule has 214 valence electrons. The summed E-state index contributed by atoms with van der Waals surface area (Å²) in [5.41, 5.74) is 2.92. The molecule has 7 nitrogen and oxygen atoms in total. The zero-order chi connectivity index (χ0) is 29.4. The van der Waals surface area contributed by atoms with Crippen molar-refractivity contribution in [3.05, 3.63) is 94.5 Å². The summed E-state index contributed by atoms with van der Waals surface area (Å²) in [5, 5.41) is 3.49. The first-order chi connectivity index (χ1) is 18.9. The molecule has 0 spiro atoms. The molecule has 0 aromatic heterocycles. The van der Waals surface area contributed by atoms with Gasteiger partial charge in [-0.05, 0) is 73.7 Å². The predicted molar refractivity (Wildman–Crippen MR) is 161 cm³/mol. The Balaban J connectivity index is 2.04. The molecule has 0 saturated heterocycles. The molecule has 9 heteroatoms. The second-order valence-corrected chi connectivity index (χ2v) is 12.7. The van der Waals surface area contributed by atoms with E-state index in [1.54, 1.807) is 54.6 Å². The predicted octanol–water partition coefficient (Wildman–Crippen LogP) is 5.73. The molecule has 0 heterocycles. The Kier molecular flexibility index (Phi) is 10.8. The van der Waals surface area contributed by atoms with Crippen molar-refractivity contribution in [2.45, 2.75) is 58.5 Å². The van der Waals surface area contributed by atoms with Crippen LogP contribution in [-0.2, 0) is 26.2 Å². The Morgan fingerprint density at radius 3 is 2.15 bits per heavy atom. The van der Waals surface area contributed by atoms with Crippen LogP contribution in [0, 0.1) is 19.8 Å². The fourth-order valence-corrected chi connectivity index (χ4v) is 5.81. The van der Waals surface area contributed by atoms with Crippen LogP contribution >= 0.6 is 11.6 Å². The van der Waals surface area contributed by atoms with Crippen molar-refractivity contribution in [3.63, 3.8) is 0 Å². The Bertz CT molecular complexity index is 1410. The lowest BCUT2D eigenvalue weighted by Crippen LogP contribution is -2.52. The number of amides is 2. The van der Waals surface area contributed by atoms with Gasteiger partial charge < -0.3 is 10.2 Å². The molecule has 3 aromatic carbocycles. The van der Waals surface area contributed by atoms with E-state index in [0.717, 1.165) is 21.0 Å². The number of carbonyl (C=O) groups is 2. The fourth-order valence-electron chi connectivity index (χ4n) is 4.28. The topological polar surface area (TPSA) is 86.8 Å². The van der Waals surface area contributed by atoms with Crippen LogP contribution in [0.1, 0.15) is 43.9 Å². The van der Waals surface area contributed by atoms with E-state index in [1.807, 2.05) is 40.7 Å². The zero-order valence-electron chi connectivity index (χ0n) is 23.7. The Morgan fingerprint density at radius 1 is 0.925 bits per heavy atom. The lowest BCUT2D eigenvalue weighted by atomic mass is 10.1. The zero-order valence-corrected chi connectivity index (χ0v) is 25.3. The molecule has 3 rings (SSSR count). The van der Waals surface area contributed by atoms with E-state index in [-0.39, 0.29) is 23.3 Å². The SMILES string of the molecule is CC[C@H](C(=O)NCC(C)C)N(Cc1ccc(Cl)cc1)C(=O)CN(c1cccc(C)c1)S(=O)(=O)c1ccc(C)cc1. The second-order valence-electron chi connectivity index (χ2n) is 10.4. The molecular formula is C31H38ClN3O4S. The third kappa shape index (κ3) is 8.08. The van der Waals surface area contributed by atoms with E-state index in [4.69, 9.17) is 11.6 Å². The number of hydrogen-bond donors (Lipinski definition) is 1. The van der Waals surface area contributed by atoms with Gasteiger partial charge in [0.1, 0.15) is 12.6 Å². The van der Waals surface area contributed by atoms with E-state index in [0.29, 0.717) is 23.7 Å². The van der Waals surface area contributed by atoms with Crippen molar-refractivity contribution in [1.29, 1.82) is 0 Å². The molecule has 0 saturated carbocycles. The van der Waals surface area contributed by atoms with Crippen LogP contribution in [0.15, 0.2) is 77.7 Å². The molecule has 0 fully saturated rings. The summed E-state index contributed by atoms with van der Waals surface area (Å²) >= 11 is 6.07. The van der Waals surface area contributed by atoms with Gasteiger partial charge in [-0.25, -0.2) is 8.42 Å². The number of carbonyl (C=O) groups excluding carboxylic acids is 2. The normalized spacial score (nSPS) is 12.2. The van der Waals surface area contributed by atoms with Gasteiger partial charge in [0.25, 0.3) is 10.0 Å².